The molecule has 11 nitrogen and oxygen atoms in total. The van der Waals surface area contributed by atoms with Crippen LogP contribution in [0.3, 0.4) is 0 Å². The van der Waals surface area contributed by atoms with Crippen molar-refractivity contribution in [1.82, 2.24) is 20.1 Å². The van der Waals surface area contributed by atoms with Crippen LogP contribution in [0.5, 0.6) is 0 Å². The summed E-state index contributed by atoms with van der Waals surface area (Å²) in [4.78, 5) is 55.5. The summed E-state index contributed by atoms with van der Waals surface area (Å²) in [6, 6.07) is 16.7. The van der Waals surface area contributed by atoms with Gasteiger partial charge in [0.15, 0.2) is 0 Å². The predicted octanol–water partition coefficient (Wildman–Crippen LogP) is 5.34. The molecule has 3 aliphatic rings. The van der Waals surface area contributed by atoms with E-state index in [9.17, 15) is 14.4 Å². The number of hydrogen-bond donors (Lipinski definition) is 4. The van der Waals surface area contributed by atoms with Crippen molar-refractivity contribution < 1.29 is 19.2 Å². The van der Waals surface area contributed by atoms with Gasteiger partial charge in [-0.25, -0.2) is 0 Å². The summed E-state index contributed by atoms with van der Waals surface area (Å²) in [6.45, 7) is 3.45. The Morgan fingerprint density at radius 1 is 1.08 bits per heavy atom. The number of piperidine rings is 1. The largest absolute Gasteiger partial charge is 0.372 e. The highest BCUT2D eigenvalue weighted by Crippen LogP contribution is 2.36. The van der Waals surface area contributed by atoms with E-state index in [1.54, 1.807) is 11.9 Å². The molecule has 1 aromatic heterocycles. The van der Waals surface area contributed by atoms with E-state index in [0.717, 1.165) is 86.1 Å². The zero-order valence-electron chi connectivity index (χ0n) is 30.5. The number of nitrogens with zero attached hydrogens (tertiary/aromatic N) is 3. The molecule has 4 heterocycles. The quantitative estimate of drug-likeness (QED) is 0.131. The number of nitrogens with two attached hydrogens (primary N) is 1. The van der Waals surface area contributed by atoms with Crippen molar-refractivity contribution >= 4 is 48.6 Å². The van der Waals surface area contributed by atoms with Crippen molar-refractivity contribution in [2.24, 2.45) is 11.7 Å². The fourth-order valence-corrected chi connectivity index (χ4v) is 7.88. The number of hydrogen-bond acceptors (Lipinski definition) is 7. The number of fused-ring (bicyclic) bond motifs is 1. The third kappa shape index (κ3) is 9.25. The molecule has 0 aliphatic carbocycles. The van der Waals surface area contributed by atoms with Crippen molar-refractivity contribution in [1.29, 1.82) is 5.41 Å². The summed E-state index contributed by atoms with van der Waals surface area (Å²) in [5, 5.41) is 10.5. The number of rotatable bonds is 14. The number of anilines is 1. The first kappa shape index (κ1) is 38.2. The molecule has 2 aromatic carbocycles. The molecule has 2 saturated heterocycles. The van der Waals surface area contributed by atoms with Gasteiger partial charge in [0.1, 0.15) is 6.29 Å². The van der Waals surface area contributed by atoms with Crippen LogP contribution in [0.1, 0.15) is 101 Å². The second-order valence-corrected chi connectivity index (χ2v) is 14.1. The third-order valence-electron chi connectivity index (χ3n) is 10.9. The van der Waals surface area contributed by atoms with E-state index >= 15 is 0 Å². The molecule has 3 aromatic rings. The number of carbonyl (C=O) groups is 4. The predicted molar refractivity (Wildman–Crippen MR) is 206 cm³/mol. The summed E-state index contributed by atoms with van der Waals surface area (Å²) in [7, 11) is 3.75. The average Bonchev–Trinajstić information content (AvgIpc) is 3.88. The van der Waals surface area contributed by atoms with E-state index in [4.69, 9.17) is 10.2 Å². The maximum Gasteiger partial charge on any atom is 0.255 e. The van der Waals surface area contributed by atoms with E-state index in [-0.39, 0.29) is 24.6 Å². The van der Waals surface area contributed by atoms with Crippen LogP contribution in [0.25, 0.3) is 12.2 Å². The summed E-state index contributed by atoms with van der Waals surface area (Å²) in [6.07, 6.45) is 15.3. The smallest absolute Gasteiger partial charge is 0.255 e. The molecule has 3 aliphatic heterocycles. The highest BCUT2D eigenvalue weighted by atomic mass is 16.2. The van der Waals surface area contributed by atoms with Gasteiger partial charge >= 0.3 is 0 Å². The van der Waals surface area contributed by atoms with E-state index in [0.29, 0.717) is 30.5 Å². The number of benzene rings is 2. The molecule has 0 radical (unpaired) electrons. The van der Waals surface area contributed by atoms with Crippen LogP contribution in [0.15, 0.2) is 48.5 Å². The summed E-state index contributed by atoms with van der Waals surface area (Å²) < 4.78 is 0. The van der Waals surface area contributed by atoms with Crippen LogP contribution in [-0.2, 0) is 27.3 Å². The number of aromatic nitrogens is 1. The minimum Gasteiger partial charge on any atom is -0.372 e. The lowest BCUT2D eigenvalue weighted by atomic mass is 9.90. The molecule has 2 unspecified atom stereocenters. The lowest BCUT2D eigenvalue weighted by Crippen LogP contribution is -2.38. The van der Waals surface area contributed by atoms with E-state index < -0.39 is 6.04 Å². The van der Waals surface area contributed by atoms with Gasteiger partial charge in [-0.1, -0.05) is 36.4 Å². The van der Waals surface area contributed by atoms with E-state index in [1.165, 1.54) is 30.3 Å². The van der Waals surface area contributed by atoms with E-state index in [2.05, 4.69) is 81.4 Å². The zero-order chi connectivity index (χ0) is 37.0. The second kappa shape index (κ2) is 18.5. The van der Waals surface area contributed by atoms with Crippen LogP contribution in [0.4, 0.5) is 5.69 Å². The van der Waals surface area contributed by atoms with Gasteiger partial charge < -0.3 is 36.0 Å². The molecule has 6 rings (SSSR count). The Kier molecular flexibility index (Phi) is 13.6. The van der Waals surface area contributed by atoms with Crippen LogP contribution in [-0.4, -0.2) is 85.3 Å². The van der Waals surface area contributed by atoms with Gasteiger partial charge in [0.2, 0.25) is 12.3 Å². The van der Waals surface area contributed by atoms with Gasteiger partial charge in [-0.05, 0) is 106 Å². The molecular weight excluding hydrogens is 654 g/mol. The van der Waals surface area contributed by atoms with Gasteiger partial charge in [0.05, 0.1) is 6.04 Å². The summed E-state index contributed by atoms with van der Waals surface area (Å²) >= 11 is 0. The Balaban J connectivity index is 0.00000168. The molecule has 276 valence electrons. The number of amides is 3. The van der Waals surface area contributed by atoms with Crippen molar-refractivity contribution in [3.8, 4) is 0 Å². The molecule has 0 spiro atoms. The standard InChI is InChI=1S/C40H50N6O3.CH3NO/c1-42-39(48)18-16-32(27-47)46-26-34-33(40(46)49)8-4-9-37(34)45-22-19-29(20-23-45)7-3-6-28-11-13-30(14-12-28)15-17-35-31(25-41)24-36(43-35)38-10-5-21-44(38)2;2-1-3/h4,8-9,11-15,17,24-25,27,29,32,38,41,43H,3,5-7,10,16,18-23,26H2,1-2H3,(H,42,48);1H,(H2,2,3)/b17-15+,41-25?;. The molecule has 11 heteroatoms. The van der Waals surface area contributed by atoms with Gasteiger partial charge in [-0.2, -0.15) is 0 Å². The molecule has 2 fully saturated rings. The first-order valence-electron chi connectivity index (χ1n) is 18.5. The lowest BCUT2D eigenvalue weighted by molar-refractivity contribution is -0.121. The van der Waals surface area contributed by atoms with Crippen LogP contribution in [0, 0.1) is 11.3 Å². The Bertz CT molecular complexity index is 1720. The molecule has 3 amide bonds. The van der Waals surface area contributed by atoms with Crippen molar-refractivity contribution in [3.05, 3.63) is 87.7 Å². The van der Waals surface area contributed by atoms with Gasteiger partial charge in [-0.3, -0.25) is 19.3 Å². The average molecular weight is 708 g/mol. The number of carbonyl (C=O) groups excluding carboxylic acids is 4. The third-order valence-corrected chi connectivity index (χ3v) is 10.9. The fourth-order valence-electron chi connectivity index (χ4n) is 7.88. The number of aldehydes is 1. The van der Waals surface area contributed by atoms with Gasteiger partial charge in [-0.15, -0.1) is 0 Å². The molecular formula is C41H53N7O4. The minimum absolute atomic E-state index is 0.122. The maximum atomic E-state index is 13.3. The Hall–Kier alpha value is -5.03. The fraction of sp³-hybridized carbons (Fsp3) is 0.439. The molecule has 2 atom stereocenters. The van der Waals surface area contributed by atoms with Crippen molar-refractivity contribution in [3.63, 3.8) is 0 Å². The maximum absolute atomic E-state index is 13.3. The number of primary amides is 1. The summed E-state index contributed by atoms with van der Waals surface area (Å²) in [5.41, 5.74) is 12.6. The highest BCUT2D eigenvalue weighted by Gasteiger charge is 2.35. The normalized spacial score (nSPS) is 18.2. The first-order valence-corrected chi connectivity index (χ1v) is 18.5. The van der Waals surface area contributed by atoms with Crippen molar-refractivity contribution in [2.45, 2.75) is 76.4 Å². The Labute approximate surface area is 307 Å². The highest BCUT2D eigenvalue weighted by molar-refractivity contribution is 6.01. The molecule has 52 heavy (non-hydrogen) atoms. The van der Waals surface area contributed by atoms with Crippen molar-refractivity contribution in [2.75, 3.05) is 38.6 Å². The van der Waals surface area contributed by atoms with Crippen LogP contribution >= 0.6 is 0 Å². The van der Waals surface area contributed by atoms with Gasteiger partial charge in [0.25, 0.3) is 5.91 Å². The number of nitrogens with one attached hydrogen (secondary N) is 3. The van der Waals surface area contributed by atoms with Crippen LogP contribution in [0.2, 0.25) is 0 Å². The lowest BCUT2D eigenvalue weighted by Gasteiger charge is -2.35. The topological polar surface area (TPSA) is 156 Å². The minimum atomic E-state index is -0.605. The zero-order valence-corrected chi connectivity index (χ0v) is 30.5. The molecule has 5 N–H and O–H groups in total. The Morgan fingerprint density at radius 3 is 2.48 bits per heavy atom. The van der Waals surface area contributed by atoms with Crippen LogP contribution < -0.4 is 16.0 Å². The second-order valence-electron chi connectivity index (χ2n) is 14.1. The number of aryl methyl sites for hydroxylation is 1. The van der Waals surface area contributed by atoms with Gasteiger partial charge in [0, 0.05) is 79.1 Å². The number of likely N-dealkylation sites (tertiary alicyclic amines) is 1. The number of aromatic amines is 1. The number of H-pyrrole nitrogens is 1. The molecule has 0 bridgehead atoms. The summed E-state index contributed by atoms with van der Waals surface area (Å²) in [5.74, 6) is 0.438. The molecule has 0 saturated carbocycles. The monoisotopic (exact) mass is 707 g/mol. The van der Waals surface area contributed by atoms with E-state index in [1.807, 2.05) is 12.1 Å². The first-order chi connectivity index (χ1) is 25.3. The SMILES string of the molecule is CNC(=O)CCC(C=O)N1Cc2c(cccc2N2CCC(CCCc3ccc(/C=C/c4[nH]c(C5CCCN5C)cc4C=N)cc3)CC2)C1=O.NC=O. The Morgan fingerprint density at radius 2 is 1.83 bits per heavy atom.